The summed E-state index contributed by atoms with van der Waals surface area (Å²) in [6.45, 7) is 3.84. The number of nitrogens with zero attached hydrogens (tertiary/aromatic N) is 4. The predicted octanol–water partition coefficient (Wildman–Crippen LogP) is 2.39. The highest BCUT2D eigenvalue weighted by atomic mass is 16.2. The second-order valence-electron chi connectivity index (χ2n) is 6.17. The molecule has 1 saturated heterocycles. The van der Waals surface area contributed by atoms with Gasteiger partial charge in [0.25, 0.3) is 5.91 Å². The molecule has 2 bridgehead atoms. The second kappa shape index (κ2) is 4.87. The lowest BCUT2D eigenvalue weighted by Crippen LogP contribution is -2.42. The Morgan fingerprint density at radius 3 is 2.82 bits per heavy atom. The maximum atomic E-state index is 12.9. The van der Waals surface area contributed by atoms with Crippen LogP contribution in [0.25, 0.3) is 0 Å². The summed E-state index contributed by atoms with van der Waals surface area (Å²) in [6.07, 6.45) is 6.44. The lowest BCUT2D eigenvalue weighted by molar-refractivity contribution is 0.0643. The fourth-order valence-electron chi connectivity index (χ4n) is 3.63. The highest BCUT2D eigenvalue weighted by Crippen LogP contribution is 2.43. The van der Waals surface area contributed by atoms with Crippen molar-refractivity contribution in [3.8, 4) is 0 Å². The van der Waals surface area contributed by atoms with E-state index in [1.54, 1.807) is 6.20 Å². The summed E-state index contributed by atoms with van der Waals surface area (Å²) in [5, 5.41) is 0. The summed E-state index contributed by atoms with van der Waals surface area (Å²) >= 11 is 0. The molecule has 1 fully saturated rings. The maximum absolute atomic E-state index is 12.9. The first-order valence-electron chi connectivity index (χ1n) is 7.71. The van der Waals surface area contributed by atoms with Gasteiger partial charge in [-0.2, -0.15) is 0 Å². The summed E-state index contributed by atoms with van der Waals surface area (Å²) in [5.74, 6) is 0.881. The first-order valence-corrected chi connectivity index (χ1v) is 7.71. The number of fused-ring (bicyclic) bond motifs is 4. The van der Waals surface area contributed by atoms with Crippen molar-refractivity contribution in [2.24, 2.45) is 0 Å². The Hall–Kier alpha value is -2.30. The van der Waals surface area contributed by atoms with Gasteiger partial charge in [-0.1, -0.05) is 0 Å². The van der Waals surface area contributed by atoms with E-state index in [0.29, 0.717) is 5.56 Å². The van der Waals surface area contributed by atoms with Crippen LogP contribution in [-0.4, -0.2) is 31.8 Å². The molecule has 2 aromatic rings. The topological polar surface area (TPSA) is 59.0 Å². The standard InChI is InChI=1S/C17H18N4O/c1-10-3-4-12(8-18-10)17(22)21-13-5-6-16(21)14-9-19-11(2)20-15(14)7-13/h3-4,8-9,13,16H,5-7H2,1-2H3. The number of carbonyl (C=O) groups is 1. The van der Waals surface area contributed by atoms with E-state index in [0.717, 1.165) is 42.0 Å². The number of hydrogen-bond donors (Lipinski definition) is 0. The molecule has 5 nitrogen and oxygen atoms in total. The van der Waals surface area contributed by atoms with Crippen molar-refractivity contribution in [3.63, 3.8) is 0 Å². The zero-order chi connectivity index (χ0) is 15.3. The molecule has 0 aliphatic carbocycles. The van der Waals surface area contributed by atoms with Gasteiger partial charge in [-0.15, -0.1) is 0 Å². The van der Waals surface area contributed by atoms with Gasteiger partial charge in [-0.05, 0) is 38.8 Å². The quantitative estimate of drug-likeness (QED) is 0.810. The first kappa shape index (κ1) is 13.4. The molecule has 22 heavy (non-hydrogen) atoms. The molecule has 2 atom stereocenters. The molecule has 0 spiro atoms. The monoisotopic (exact) mass is 294 g/mol. The molecular formula is C17H18N4O. The van der Waals surface area contributed by atoms with E-state index in [2.05, 4.69) is 15.0 Å². The SMILES string of the molecule is Cc1ccc(C(=O)N2C3CCC2c2cnc(C)nc2C3)cn1. The molecule has 2 aliphatic heterocycles. The molecule has 0 N–H and O–H groups in total. The number of hydrogen-bond acceptors (Lipinski definition) is 4. The van der Waals surface area contributed by atoms with E-state index in [1.807, 2.05) is 37.1 Å². The third-order valence-electron chi connectivity index (χ3n) is 4.70. The van der Waals surface area contributed by atoms with Crippen LogP contribution in [0.2, 0.25) is 0 Å². The van der Waals surface area contributed by atoms with Crippen LogP contribution in [0.5, 0.6) is 0 Å². The van der Waals surface area contributed by atoms with E-state index in [-0.39, 0.29) is 18.0 Å². The first-order chi connectivity index (χ1) is 10.6. The van der Waals surface area contributed by atoms with Crippen LogP contribution < -0.4 is 0 Å². The average Bonchev–Trinajstić information content (AvgIpc) is 2.82. The Kier molecular flexibility index (Phi) is 2.96. The second-order valence-corrected chi connectivity index (χ2v) is 6.17. The van der Waals surface area contributed by atoms with Crippen LogP contribution in [0.4, 0.5) is 0 Å². The van der Waals surface area contributed by atoms with Crippen LogP contribution >= 0.6 is 0 Å². The van der Waals surface area contributed by atoms with Gasteiger partial charge in [0.2, 0.25) is 0 Å². The Labute approximate surface area is 129 Å². The normalized spacial score (nSPS) is 22.5. The van der Waals surface area contributed by atoms with E-state index in [4.69, 9.17) is 0 Å². The van der Waals surface area contributed by atoms with Crippen LogP contribution in [0.1, 0.15) is 52.0 Å². The van der Waals surface area contributed by atoms with Crippen molar-refractivity contribution in [3.05, 3.63) is 52.9 Å². The highest BCUT2D eigenvalue weighted by Gasteiger charge is 2.43. The van der Waals surface area contributed by atoms with Crippen LogP contribution in [0.15, 0.2) is 24.5 Å². The largest absolute Gasteiger partial charge is 0.328 e. The molecular weight excluding hydrogens is 276 g/mol. The number of rotatable bonds is 1. The number of aryl methyl sites for hydroxylation is 2. The molecule has 0 saturated carbocycles. The molecule has 2 aliphatic rings. The molecule has 1 amide bonds. The third kappa shape index (κ3) is 2.00. The Morgan fingerprint density at radius 1 is 1.18 bits per heavy atom. The van der Waals surface area contributed by atoms with E-state index < -0.39 is 0 Å². The highest BCUT2D eigenvalue weighted by molar-refractivity contribution is 5.94. The lowest BCUT2D eigenvalue weighted by atomic mass is 9.98. The molecule has 2 unspecified atom stereocenters. The van der Waals surface area contributed by atoms with E-state index in [9.17, 15) is 4.79 Å². The van der Waals surface area contributed by atoms with Crippen molar-refractivity contribution in [2.45, 2.75) is 45.2 Å². The smallest absolute Gasteiger partial charge is 0.256 e. The van der Waals surface area contributed by atoms with Gasteiger partial charge in [-0.3, -0.25) is 9.78 Å². The van der Waals surface area contributed by atoms with E-state index in [1.165, 1.54) is 0 Å². The zero-order valence-electron chi connectivity index (χ0n) is 12.8. The number of pyridine rings is 1. The minimum atomic E-state index is 0.0752. The Morgan fingerprint density at radius 2 is 2.05 bits per heavy atom. The van der Waals surface area contributed by atoms with Gasteiger partial charge in [0.15, 0.2) is 0 Å². The van der Waals surface area contributed by atoms with Crippen molar-refractivity contribution in [1.82, 2.24) is 19.9 Å². The van der Waals surface area contributed by atoms with Gasteiger partial charge in [0.1, 0.15) is 5.82 Å². The molecule has 4 heterocycles. The van der Waals surface area contributed by atoms with Crippen molar-refractivity contribution >= 4 is 5.91 Å². The van der Waals surface area contributed by atoms with Crippen molar-refractivity contribution < 1.29 is 4.79 Å². The van der Waals surface area contributed by atoms with Crippen LogP contribution in [0.3, 0.4) is 0 Å². The Balaban J connectivity index is 1.70. The van der Waals surface area contributed by atoms with Crippen LogP contribution in [0, 0.1) is 13.8 Å². The summed E-state index contributed by atoms with van der Waals surface area (Å²) in [5.41, 5.74) is 3.82. The summed E-state index contributed by atoms with van der Waals surface area (Å²) in [6, 6.07) is 4.12. The van der Waals surface area contributed by atoms with Gasteiger partial charge in [0.05, 0.1) is 17.3 Å². The molecule has 2 aromatic heterocycles. The zero-order valence-corrected chi connectivity index (χ0v) is 12.8. The fraction of sp³-hybridized carbons (Fsp3) is 0.412. The molecule has 0 radical (unpaired) electrons. The average molecular weight is 294 g/mol. The lowest BCUT2D eigenvalue weighted by Gasteiger charge is -2.35. The minimum absolute atomic E-state index is 0.0752. The number of amides is 1. The molecule has 5 heteroatoms. The molecule has 4 rings (SSSR count). The summed E-state index contributed by atoms with van der Waals surface area (Å²) < 4.78 is 0. The minimum Gasteiger partial charge on any atom is -0.328 e. The number of aromatic nitrogens is 3. The van der Waals surface area contributed by atoms with Gasteiger partial charge in [-0.25, -0.2) is 9.97 Å². The maximum Gasteiger partial charge on any atom is 0.256 e. The molecule has 112 valence electrons. The van der Waals surface area contributed by atoms with Crippen LogP contribution in [-0.2, 0) is 6.42 Å². The fourth-order valence-corrected chi connectivity index (χ4v) is 3.63. The summed E-state index contributed by atoms with van der Waals surface area (Å²) in [4.78, 5) is 28.1. The summed E-state index contributed by atoms with van der Waals surface area (Å²) in [7, 11) is 0. The van der Waals surface area contributed by atoms with Crippen molar-refractivity contribution in [2.75, 3.05) is 0 Å². The third-order valence-corrected chi connectivity index (χ3v) is 4.70. The Bertz CT molecular complexity index is 741. The molecule has 0 aromatic carbocycles. The van der Waals surface area contributed by atoms with Gasteiger partial charge in [0, 0.05) is 36.1 Å². The predicted molar refractivity (Wildman–Crippen MR) is 81.4 cm³/mol. The number of carbonyl (C=O) groups excluding carboxylic acids is 1. The van der Waals surface area contributed by atoms with Crippen molar-refractivity contribution in [1.29, 1.82) is 0 Å². The van der Waals surface area contributed by atoms with E-state index >= 15 is 0 Å². The van der Waals surface area contributed by atoms with Gasteiger partial charge >= 0.3 is 0 Å². The van der Waals surface area contributed by atoms with Gasteiger partial charge < -0.3 is 4.90 Å².